The number of carbonyl (C=O) groups is 2. The van der Waals surface area contributed by atoms with Crippen molar-refractivity contribution in [3.8, 4) is 0 Å². The number of carbonyl (C=O) groups excluding carboxylic acids is 2. The molecular formula is C14H15N3O3. The number of nitrogens with two attached hydrogens (primary N) is 1. The second-order valence-electron chi connectivity index (χ2n) is 4.77. The number of primary amides is 1. The largest absolute Gasteiger partial charge is 0.451 e. The maximum absolute atomic E-state index is 12.4. The molecule has 1 aromatic heterocycles. The highest BCUT2D eigenvalue weighted by Gasteiger charge is 2.19. The Morgan fingerprint density at radius 2 is 1.95 bits per heavy atom. The second-order valence-corrected chi connectivity index (χ2v) is 4.77. The number of nitrogens with zero attached hydrogens (tertiary/aromatic N) is 1. The predicted molar refractivity (Wildman–Crippen MR) is 73.5 cm³/mol. The molecule has 3 rings (SSSR count). The Bertz CT molecular complexity index is 671. The van der Waals surface area contributed by atoms with Gasteiger partial charge < -0.3 is 20.4 Å². The molecule has 3 N–H and O–H groups in total. The van der Waals surface area contributed by atoms with Gasteiger partial charge in [-0.25, -0.2) is 0 Å². The summed E-state index contributed by atoms with van der Waals surface area (Å²) in [6, 6.07) is 6.69. The number of nitrogens with one attached hydrogen (secondary N) is 1. The van der Waals surface area contributed by atoms with Crippen LogP contribution >= 0.6 is 0 Å². The van der Waals surface area contributed by atoms with E-state index in [9.17, 15) is 9.59 Å². The molecule has 1 aliphatic rings. The van der Waals surface area contributed by atoms with Crippen LogP contribution in [-0.4, -0.2) is 42.9 Å². The summed E-state index contributed by atoms with van der Waals surface area (Å²) in [6.07, 6.45) is 0. The monoisotopic (exact) mass is 273 g/mol. The van der Waals surface area contributed by atoms with Gasteiger partial charge in [0.05, 0.1) is 0 Å². The lowest BCUT2D eigenvalue weighted by atomic mass is 10.1. The van der Waals surface area contributed by atoms with Crippen LogP contribution in [0.3, 0.4) is 0 Å². The lowest BCUT2D eigenvalue weighted by Crippen LogP contribution is -2.46. The maximum atomic E-state index is 12.4. The number of hydrogen-bond donors (Lipinski definition) is 2. The highest BCUT2D eigenvalue weighted by atomic mass is 16.3. The van der Waals surface area contributed by atoms with Crippen molar-refractivity contribution in [3.05, 3.63) is 35.6 Å². The van der Waals surface area contributed by atoms with E-state index >= 15 is 0 Å². The van der Waals surface area contributed by atoms with Crippen LogP contribution in [0.25, 0.3) is 11.0 Å². The third kappa shape index (κ3) is 2.25. The minimum Gasteiger partial charge on any atom is -0.451 e. The topological polar surface area (TPSA) is 88.6 Å². The Labute approximate surface area is 115 Å². The van der Waals surface area contributed by atoms with E-state index in [1.54, 1.807) is 24.3 Å². The van der Waals surface area contributed by atoms with E-state index in [2.05, 4.69) is 5.32 Å². The van der Waals surface area contributed by atoms with E-state index in [0.29, 0.717) is 29.6 Å². The molecular weight excluding hydrogens is 258 g/mol. The number of piperazine rings is 1. The number of hydrogen-bond acceptors (Lipinski definition) is 4. The molecule has 1 fully saturated rings. The van der Waals surface area contributed by atoms with Crippen LogP contribution in [0.15, 0.2) is 28.7 Å². The first kappa shape index (κ1) is 12.7. The zero-order chi connectivity index (χ0) is 14.1. The molecule has 2 heterocycles. The Kier molecular flexibility index (Phi) is 3.15. The smallest absolute Gasteiger partial charge is 0.284 e. The quantitative estimate of drug-likeness (QED) is 0.837. The zero-order valence-corrected chi connectivity index (χ0v) is 10.9. The molecule has 0 radical (unpaired) electrons. The van der Waals surface area contributed by atoms with E-state index in [4.69, 9.17) is 10.2 Å². The summed E-state index contributed by atoms with van der Waals surface area (Å²) in [4.78, 5) is 25.3. The molecule has 6 heteroatoms. The molecule has 0 saturated carbocycles. The fraction of sp³-hybridized carbons (Fsp3) is 0.286. The molecule has 1 saturated heterocycles. The summed E-state index contributed by atoms with van der Waals surface area (Å²) >= 11 is 0. The van der Waals surface area contributed by atoms with Crippen molar-refractivity contribution >= 4 is 22.8 Å². The van der Waals surface area contributed by atoms with Crippen molar-refractivity contribution in [1.82, 2.24) is 10.2 Å². The van der Waals surface area contributed by atoms with E-state index in [1.807, 2.05) is 4.90 Å². The van der Waals surface area contributed by atoms with Crippen LogP contribution in [0.5, 0.6) is 0 Å². The highest BCUT2D eigenvalue weighted by Crippen LogP contribution is 2.21. The number of benzene rings is 1. The van der Waals surface area contributed by atoms with E-state index in [0.717, 1.165) is 13.1 Å². The van der Waals surface area contributed by atoms with Crippen molar-refractivity contribution in [3.63, 3.8) is 0 Å². The molecule has 2 amide bonds. The molecule has 1 aromatic carbocycles. The number of fused-ring (bicyclic) bond motifs is 1. The van der Waals surface area contributed by atoms with Gasteiger partial charge in [-0.15, -0.1) is 0 Å². The van der Waals surface area contributed by atoms with E-state index < -0.39 is 5.91 Å². The molecule has 0 unspecified atom stereocenters. The van der Waals surface area contributed by atoms with Crippen LogP contribution in [0.1, 0.15) is 20.9 Å². The summed E-state index contributed by atoms with van der Waals surface area (Å²) in [7, 11) is 0. The molecule has 0 atom stereocenters. The maximum Gasteiger partial charge on any atom is 0.284 e. The average molecular weight is 273 g/mol. The normalized spacial score (nSPS) is 15.5. The molecule has 1 aliphatic heterocycles. The number of furan rings is 1. The van der Waals surface area contributed by atoms with E-state index in [-0.39, 0.29) is 11.7 Å². The van der Waals surface area contributed by atoms with Gasteiger partial charge in [-0.3, -0.25) is 9.59 Å². The van der Waals surface area contributed by atoms with Gasteiger partial charge in [-0.1, -0.05) is 0 Å². The molecule has 20 heavy (non-hydrogen) atoms. The van der Waals surface area contributed by atoms with Crippen molar-refractivity contribution in [2.24, 2.45) is 5.73 Å². The molecule has 6 nitrogen and oxygen atoms in total. The van der Waals surface area contributed by atoms with Crippen LogP contribution in [0.2, 0.25) is 0 Å². The van der Waals surface area contributed by atoms with Crippen molar-refractivity contribution in [1.29, 1.82) is 0 Å². The Balaban J connectivity index is 1.91. The molecule has 0 aliphatic carbocycles. The fourth-order valence-corrected chi connectivity index (χ4v) is 2.35. The van der Waals surface area contributed by atoms with Gasteiger partial charge in [0.15, 0.2) is 5.76 Å². The number of rotatable bonds is 2. The first-order chi connectivity index (χ1) is 9.65. The second kappa shape index (κ2) is 4.97. The van der Waals surface area contributed by atoms with Gasteiger partial charge in [0.1, 0.15) is 5.58 Å². The van der Waals surface area contributed by atoms with E-state index in [1.165, 1.54) is 0 Å². The fourth-order valence-electron chi connectivity index (χ4n) is 2.35. The molecule has 2 aromatic rings. The van der Waals surface area contributed by atoms with Crippen molar-refractivity contribution in [2.45, 2.75) is 0 Å². The lowest BCUT2D eigenvalue weighted by molar-refractivity contribution is 0.0735. The molecule has 0 spiro atoms. The van der Waals surface area contributed by atoms with Gasteiger partial charge in [0.25, 0.3) is 11.8 Å². The minimum atomic E-state index is -0.615. The summed E-state index contributed by atoms with van der Waals surface area (Å²) in [5.74, 6) is -0.516. The third-order valence-electron chi connectivity index (χ3n) is 3.41. The summed E-state index contributed by atoms with van der Waals surface area (Å²) in [5.41, 5.74) is 6.32. The van der Waals surface area contributed by atoms with Crippen LogP contribution in [0.4, 0.5) is 0 Å². The van der Waals surface area contributed by atoms with Crippen LogP contribution in [0, 0.1) is 0 Å². The molecule has 0 bridgehead atoms. The van der Waals surface area contributed by atoms with Gasteiger partial charge in [-0.2, -0.15) is 0 Å². The zero-order valence-electron chi connectivity index (χ0n) is 10.9. The standard InChI is InChI=1S/C14H15N3O3/c15-13(18)12-8-10-7-9(1-2-11(10)20-12)14(19)17-5-3-16-4-6-17/h1-2,7-8,16H,3-6H2,(H2,15,18). The van der Waals surface area contributed by atoms with Crippen LogP contribution in [-0.2, 0) is 0 Å². The number of amides is 2. The average Bonchev–Trinajstić information content (AvgIpc) is 2.90. The summed E-state index contributed by atoms with van der Waals surface area (Å²) < 4.78 is 5.30. The Morgan fingerprint density at radius 1 is 1.20 bits per heavy atom. The predicted octanol–water partition coefficient (Wildman–Crippen LogP) is 0.577. The van der Waals surface area contributed by atoms with Gasteiger partial charge in [-0.05, 0) is 24.3 Å². The van der Waals surface area contributed by atoms with Crippen molar-refractivity contribution in [2.75, 3.05) is 26.2 Å². The van der Waals surface area contributed by atoms with Gasteiger partial charge in [0, 0.05) is 37.1 Å². The Morgan fingerprint density at radius 3 is 2.65 bits per heavy atom. The summed E-state index contributed by atoms with van der Waals surface area (Å²) in [6.45, 7) is 3.03. The van der Waals surface area contributed by atoms with Gasteiger partial charge >= 0.3 is 0 Å². The van der Waals surface area contributed by atoms with Crippen LogP contribution < -0.4 is 11.1 Å². The first-order valence-electron chi connectivity index (χ1n) is 6.48. The minimum absolute atomic E-state index is 0.00442. The molecule has 104 valence electrons. The SMILES string of the molecule is NC(=O)c1cc2cc(C(=O)N3CCNCC3)ccc2o1. The lowest BCUT2D eigenvalue weighted by Gasteiger charge is -2.27. The van der Waals surface area contributed by atoms with Gasteiger partial charge in [0.2, 0.25) is 0 Å². The Hall–Kier alpha value is -2.34. The van der Waals surface area contributed by atoms with Crippen molar-refractivity contribution < 1.29 is 14.0 Å². The third-order valence-corrected chi connectivity index (χ3v) is 3.41. The highest BCUT2D eigenvalue weighted by molar-refractivity contribution is 6.00. The summed E-state index contributed by atoms with van der Waals surface area (Å²) in [5, 5.41) is 3.91. The first-order valence-corrected chi connectivity index (χ1v) is 6.48.